The van der Waals surface area contributed by atoms with E-state index in [0.717, 1.165) is 19.3 Å². The van der Waals surface area contributed by atoms with Gasteiger partial charge in [0.25, 0.3) is 0 Å². The van der Waals surface area contributed by atoms with Gasteiger partial charge in [-0.15, -0.1) is 0 Å². The summed E-state index contributed by atoms with van der Waals surface area (Å²) >= 11 is 0. The van der Waals surface area contributed by atoms with Crippen molar-refractivity contribution in [2.45, 2.75) is 24.2 Å². The molecule has 0 aliphatic heterocycles. The van der Waals surface area contributed by atoms with Crippen molar-refractivity contribution >= 4 is 15.7 Å². The van der Waals surface area contributed by atoms with Crippen LogP contribution in [0.5, 0.6) is 0 Å². The highest BCUT2D eigenvalue weighted by Crippen LogP contribution is 2.48. The molecule has 6 nitrogen and oxygen atoms in total. The Morgan fingerprint density at radius 2 is 1.95 bits per heavy atom. The van der Waals surface area contributed by atoms with Gasteiger partial charge in [0.15, 0.2) is 0 Å². The van der Waals surface area contributed by atoms with E-state index in [4.69, 9.17) is 10.6 Å². The molecule has 1 saturated carbocycles. The highest BCUT2D eigenvalue weighted by molar-refractivity contribution is 7.89. The molecule has 1 aliphatic rings. The lowest BCUT2D eigenvalue weighted by molar-refractivity contribution is 0.173. The summed E-state index contributed by atoms with van der Waals surface area (Å²) in [5.74, 6) is 5.25. The summed E-state index contributed by atoms with van der Waals surface area (Å²) in [6.45, 7) is 1.13. The van der Waals surface area contributed by atoms with Crippen molar-refractivity contribution in [1.29, 1.82) is 0 Å². The van der Waals surface area contributed by atoms with Crippen LogP contribution in [0, 0.1) is 5.41 Å². The molecule has 112 valence electrons. The van der Waals surface area contributed by atoms with Crippen molar-refractivity contribution in [1.82, 2.24) is 4.72 Å². The number of anilines is 1. The standard InChI is InChI=1S/C13H21N3O3S/c1-19-9-8-13(6-7-13)10-15-20(17,18)12-4-2-11(16-14)3-5-12/h2-5,15-16H,6-10,14H2,1H3. The summed E-state index contributed by atoms with van der Waals surface area (Å²) in [4.78, 5) is 0.249. The van der Waals surface area contributed by atoms with Gasteiger partial charge in [-0.25, -0.2) is 13.1 Å². The number of hydrogen-bond donors (Lipinski definition) is 3. The molecule has 0 aromatic heterocycles. The molecule has 1 aliphatic carbocycles. The lowest BCUT2D eigenvalue weighted by Gasteiger charge is -2.15. The van der Waals surface area contributed by atoms with Gasteiger partial charge >= 0.3 is 0 Å². The van der Waals surface area contributed by atoms with Crippen LogP contribution in [0.3, 0.4) is 0 Å². The number of nitrogen functional groups attached to an aromatic ring is 1. The summed E-state index contributed by atoms with van der Waals surface area (Å²) in [6, 6.07) is 6.33. The largest absolute Gasteiger partial charge is 0.385 e. The maximum absolute atomic E-state index is 12.2. The molecule has 0 amide bonds. The molecule has 0 atom stereocenters. The Kier molecular flexibility index (Phi) is 4.64. The third-order valence-electron chi connectivity index (χ3n) is 3.76. The van der Waals surface area contributed by atoms with Gasteiger partial charge in [-0.05, 0) is 48.9 Å². The Labute approximate surface area is 119 Å². The summed E-state index contributed by atoms with van der Waals surface area (Å²) in [6.07, 6.45) is 2.99. The number of methoxy groups -OCH3 is 1. The van der Waals surface area contributed by atoms with Gasteiger partial charge in [0.1, 0.15) is 0 Å². The maximum Gasteiger partial charge on any atom is 0.240 e. The number of sulfonamides is 1. The second-order valence-electron chi connectivity index (χ2n) is 5.24. The zero-order valence-electron chi connectivity index (χ0n) is 11.6. The number of hydrazine groups is 1. The Morgan fingerprint density at radius 3 is 2.45 bits per heavy atom. The SMILES string of the molecule is COCCC1(CNS(=O)(=O)c2ccc(NN)cc2)CC1. The number of nitrogens with two attached hydrogens (primary N) is 1. The fourth-order valence-corrected chi connectivity index (χ4v) is 3.23. The third-order valence-corrected chi connectivity index (χ3v) is 5.18. The molecule has 0 bridgehead atoms. The van der Waals surface area contributed by atoms with Crippen LogP contribution in [-0.4, -0.2) is 28.7 Å². The van der Waals surface area contributed by atoms with Crippen molar-refractivity contribution in [3.05, 3.63) is 24.3 Å². The topological polar surface area (TPSA) is 93.4 Å². The molecule has 4 N–H and O–H groups in total. The molecule has 0 spiro atoms. The minimum Gasteiger partial charge on any atom is -0.385 e. The fourth-order valence-electron chi connectivity index (χ4n) is 2.07. The van der Waals surface area contributed by atoms with Gasteiger partial charge < -0.3 is 10.2 Å². The molecule has 0 radical (unpaired) electrons. The maximum atomic E-state index is 12.2. The highest BCUT2D eigenvalue weighted by atomic mass is 32.2. The summed E-state index contributed by atoms with van der Waals surface area (Å²) < 4.78 is 32.1. The number of rotatable bonds is 8. The van der Waals surface area contributed by atoms with Crippen molar-refractivity contribution < 1.29 is 13.2 Å². The molecule has 0 saturated heterocycles. The molecule has 1 aromatic carbocycles. The molecular formula is C13H21N3O3S. The van der Waals surface area contributed by atoms with Crippen LogP contribution >= 0.6 is 0 Å². The molecule has 2 rings (SSSR count). The van der Waals surface area contributed by atoms with E-state index in [-0.39, 0.29) is 10.3 Å². The van der Waals surface area contributed by atoms with Gasteiger partial charge in [-0.3, -0.25) is 5.84 Å². The van der Waals surface area contributed by atoms with E-state index in [2.05, 4.69) is 10.1 Å². The van der Waals surface area contributed by atoms with Crippen LogP contribution in [0.1, 0.15) is 19.3 Å². The van der Waals surface area contributed by atoms with Gasteiger partial charge in [-0.1, -0.05) is 0 Å². The molecule has 0 unspecified atom stereocenters. The van der Waals surface area contributed by atoms with E-state index in [9.17, 15) is 8.42 Å². The first-order valence-electron chi connectivity index (χ1n) is 6.57. The second kappa shape index (κ2) is 6.09. The minimum absolute atomic E-state index is 0.0852. The lowest BCUT2D eigenvalue weighted by atomic mass is 10.0. The van der Waals surface area contributed by atoms with Crippen LogP contribution in [0.2, 0.25) is 0 Å². The number of hydrogen-bond acceptors (Lipinski definition) is 5. The number of benzene rings is 1. The van der Waals surface area contributed by atoms with E-state index < -0.39 is 10.0 Å². The van der Waals surface area contributed by atoms with Crippen molar-refractivity contribution in [2.75, 3.05) is 25.7 Å². The first-order valence-corrected chi connectivity index (χ1v) is 8.05. The van der Waals surface area contributed by atoms with Gasteiger partial charge in [-0.2, -0.15) is 0 Å². The normalized spacial score (nSPS) is 16.9. The van der Waals surface area contributed by atoms with E-state index in [1.165, 1.54) is 12.1 Å². The quantitative estimate of drug-likeness (QED) is 0.493. The molecule has 20 heavy (non-hydrogen) atoms. The zero-order valence-corrected chi connectivity index (χ0v) is 12.4. The first-order chi connectivity index (χ1) is 9.51. The molecular weight excluding hydrogens is 278 g/mol. The molecule has 0 heterocycles. The van der Waals surface area contributed by atoms with Crippen molar-refractivity contribution in [2.24, 2.45) is 11.3 Å². The van der Waals surface area contributed by atoms with E-state index in [1.54, 1.807) is 19.2 Å². The van der Waals surface area contributed by atoms with Crippen molar-refractivity contribution in [3.8, 4) is 0 Å². The average molecular weight is 299 g/mol. The highest BCUT2D eigenvalue weighted by Gasteiger charge is 2.42. The van der Waals surface area contributed by atoms with E-state index >= 15 is 0 Å². The van der Waals surface area contributed by atoms with Gasteiger partial charge in [0.05, 0.1) is 4.90 Å². The lowest BCUT2D eigenvalue weighted by Crippen LogP contribution is -2.30. The van der Waals surface area contributed by atoms with Crippen molar-refractivity contribution in [3.63, 3.8) is 0 Å². The second-order valence-corrected chi connectivity index (χ2v) is 7.00. The predicted molar refractivity (Wildman–Crippen MR) is 77.6 cm³/mol. The predicted octanol–water partition coefficient (Wildman–Crippen LogP) is 1.07. The average Bonchev–Trinajstić information content (AvgIpc) is 3.24. The van der Waals surface area contributed by atoms with Crippen LogP contribution in [-0.2, 0) is 14.8 Å². The Hall–Kier alpha value is -1.15. The number of ether oxygens (including phenoxy) is 1. The van der Waals surface area contributed by atoms with Crippen LogP contribution in [0.15, 0.2) is 29.2 Å². The van der Waals surface area contributed by atoms with Gasteiger partial charge in [0, 0.05) is 25.9 Å². The molecule has 1 fully saturated rings. The summed E-state index contributed by atoms with van der Waals surface area (Å²) in [5, 5.41) is 0. The van der Waals surface area contributed by atoms with Crippen LogP contribution in [0.4, 0.5) is 5.69 Å². The zero-order chi connectivity index (χ0) is 14.6. The summed E-state index contributed by atoms with van der Waals surface area (Å²) in [7, 11) is -1.80. The fraction of sp³-hybridized carbons (Fsp3) is 0.538. The van der Waals surface area contributed by atoms with Crippen LogP contribution in [0.25, 0.3) is 0 Å². The smallest absolute Gasteiger partial charge is 0.240 e. The molecule has 1 aromatic rings. The van der Waals surface area contributed by atoms with Gasteiger partial charge in [0.2, 0.25) is 10.0 Å². The van der Waals surface area contributed by atoms with E-state index in [0.29, 0.717) is 18.8 Å². The minimum atomic E-state index is -3.46. The monoisotopic (exact) mass is 299 g/mol. The third kappa shape index (κ3) is 3.69. The van der Waals surface area contributed by atoms with Crippen LogP contribution < -0.4 is 16.0 Å². The summed E-state index contributed by atoms with van der Waals surface area (Å²) in [5.41, 5.74) is 3.22. The first kappa shape index (κ1) is 15.2. The van der Waals surface area contributed by atoms with E-state index in [1.807, 2.05) is 0 Å². The Morgan fingerprint density at radius 1 is 1.30 bits per heavy atom. The number of nitrogens with one attached hydrogen (secondary N) is 2. The molecule has 7 heteroatoms. The Bertz CT molecular complexity index is 538. The Balaban J connectivity index is 1.97.